The number of anilines is 1. The summed E-state index contributed by atoms with van der Waals surface area (Å²) in [6.45, 7) is 13.2. The molecule has 0 unspecified atom stereocenters. The van der Waals surface area contributed by atoms with Crippen LogP contribution in [0.2, 0.25) is 0 Å². The summed E-state index contributed by atoms with van der Waals surface area (Å²) in [7, 11) is 0. The van der Waals surface area contributed by atoms with Gasteiger partial charge < -0.3 is 9.88 Å². The third kappa shape index (κ3) is 2.89. The van der Waals surface area contributed by atoms with E-state index in [0.717, 1.165) is 17.4 Å². The van der Waals surface area contributed by atoms with Crippen LogP contribution in [0, 0.1) is 13.8 Å². The van der Waals surface area contributed by atoms with Crippen molar-refractivity contribution in [2.45, 2.75) is 40.3 Å². The van der Waals surface area contributed by atoms with E-state index in [0.29, 0.717) is 6.04 Å². The molecule has 2 aromatic rings. The Kier molecular flexibility index (Phi) is 4.10. The number of nitrogens with zero attached hydrogens (tertiary/aromatic N) is 2. The number of hydrogen-bond donors (Lipinski definition) is 1. The van der Waals surface area contributed by atoms with Crippen molar-refractivity contribution >= 4 is 16.5 Å². The van der Waals surface area contributed by atoms with Crippen molar-refractivity contribution in [2.24, 2.45) is 0 Å². The largest absolute Gasteiger partial charge is 0.359 e. The lowest BCUT2D eigenvalue weighted by Crippen LogP contribution is -2.09. The summed E-state index contributed by atoms with van der Waals surface area (Å²) < 4.78 is 2.26. The second-order valence-electron chi connectivity index (χ2n) is 5.02. The van der Waals surface area contributed by atoms with Crippen LogP contribution in [-0.2, 0) is 6.54 Å². The van der Waals surface area contributed by atoms with E-state index in [-0.39, 0.29) is 0 Å². The number of thiazole rings is 1. The molecule has 0 aromatic carbocycles. The fraction of sp³-hybridized carbons (Fsp3) is 0.400. The number of aryl methyl sites for hydroxylation is 1. The number of allylic oxidation sites excluding steroid dienone is 1. The SMILES string of the molecule is C=CCn1c(C)cc(-c2csc(NC(C)C)n2)c1C. The molecule has 3 nitrogen and oxygen atoms in total. The van der Waals surface area contributed by atoms with Crippen LogP contribution in [0.1, 0.15) is 25.2 Å². The zero-order valence-electron chi connectivity index (χ0n) is 12.0. The van der Waals surface area contributed by atoms with Gasteiger partial charge in [0.2, 0.25) is 0 Å². The van der Waals surface area contributed by atoms with Crippen LogP contribution in [0.5, 0.6) is 0 Å². The number of rotatable bonds is 5. The van der Waals surface area contributed by atoms with Crippen LogP contribution in [0.15, 0.2) is 24.1 Å². The maximum absolute atomic E-state index is 4.66. The Morgan fingerprint density at radius 1 is 1.47 bits per heavy atom. The molecule has 2 aromatic heterocycles. The summed E-state index contributed by atoms with van der Waals surface area (Å²) in [5, 5.41) is 6.45. The van der Waals surface area contributed by atoms with Crippen molar-refractivity contribution in [3.05, 3.63) is 35.5 Å². The molecule has 0 aliphatic carbocycles. The van der Waals surface area contributed by atoms with Crippen LogP contribution in [0.25, 0.3) is 11.3 Å². The second kappa shape index (κ2) is 5.61. The van der Waals surface area contributed by atoms with Crippen molar-refractivity contribution < 1.29 is 0 Å². The Labute approximate surface area is 119 Å². The first-order valence-corrected chi connectivity index (χ1v) is 7.41. The molecule has 0 amide bonds. The Balaban J connectivity index is 2.34. The van der Waals surface area contributed by atoms with Gasteiger partial charge in [0.25, 0.3) is 0 Å². The Morgan fingerprint density at radius 2 is 2.21 bits per heavy atom. The van der Waals surface area contributed by atoms with Gasteiger partial charge in [-0.2, -0.15) is 0 Å². The predicted molar refractivity (Wildman–Crippen MR) is 84.0 cm³/mol. The quantitative estimate of drug-likeness (QED) is 0.827. The maximum atomic E-state index is 4.66. The van der Waals surface area contributed by atoms with E-state index in [2.05, 4.69) is 60.6 Å². The molecule has 0 spiro atoms. The van der Waals surface area contributed by atoms with Gasteiger partial charge >= 0.3 is 0 Å². The van der Waals surface area contributed by atoms with Gasteiger partial charge in [0.05, 0.1) is 5.69 Å². The Morgan fingerprint density at radius 3 is 2.84 bits per heavy atom. The van der Waals surface area contributed by atoms with Gasteiger partial charge in [0.15, 0.2) is 5.13 Å². The third-order valence-corrected chi connectivity index (χ3v) is 3.85. The van der Waals surface area contributed by atoms with Crippen molar-refractivity contribution in [3.8, 4) is 11.3 Å². The molecule has 0 aliphatic heterocycles. The van der Waals surface area contributed by atoms with E-state index in [1.54, 1.807) is 11.3 Å². The normalized spacial score (nSPS) is 11.0. The zero-order valence-corrected chi connectivity index (χ0v) is 12.8. The van der Waals surface area contributed by atoms with Crippen LogP contribution < -0.4 is 5.32 Å². The van der Waals surface area contributed by atoms with Gasteiger partial charge in [-0.05, 0) is 33.8 Å². The molecule has 0 saturated carbocycles. The third-order valence-electron chi connectivity index (χ3n) is 3.08. The lowest BCUT2D eigenvalue weighted by atomic mass is 10.2. The molecule has 1 N–H and O–H groups in total. The predicted octanol–water partition coefficient (Wildman–Crippen LogP) is 4.23. The number of hydrogen-bond acceptors (Lipinski definition) is 3. The van der Waals surface area contributed by atoms with E-state index in [1.165, 1.54) is 17.0 Å². The molecule has 0 radical (unpaired) electrons. The van der Waals surface area contributed by atoms with E-state index in [1.807, 2.05) is 6.08 Å². The molecule has 0 atom stereocenters. The van der Waals surface area contributed by atoms with E-state index in [4.69, 9.17) is 0 Å². The van der Waals surface area contributed by atoms with Gasteiger partial charge in [-0.3, -0.25) is 0 Å². The maximum Gasteiger partial charge on any atom is 0.183 e. The molecular weight excluding hydrogens is 254 g/mol. The lowest BCUT2D eigenvalue weighted by Gasteiger charge is -2.06. The Bertz CT molecular complexity index is 578. The average molecular weight is 275 g/mol. The molecule has 0 aliphatic rings. The summed E-state index contributed by atoms with van der Waals surface area (Å²) in [6, 6.07) is 2.61. The van der Waals surface area contributed by atoms with Gasteiger partial charge in [0.1, 0.15) is 0 Å². The minimum absolute atomic E-state index is 0.409. The van der Waals surface area contributed by atoms with Crippen molar-refractivity contribution in [2.75, 3.05) is 5.32 Å². The second-order valence-corrected chi connectivity index (χ2v) is 5.88. The molecule has 0 bridgehead atoms. The van der Waals surface area contributed by atoms with Crippen LogP contribution >= 0.6 is 11.3 Å². The molecule has 4 heteroatoms. The van der Waals surface area contributed by atoms with Gasteiger partial charge in [-0.15, -0.1) is 17.9 Å². The summed E-state index contributed by atoms with van der Waals surface area (Å²) in [5.74, 6) is 0. The summed E-state index contributed by atoms with van der Waals surface area (Å²) in [6.07, 6.45) is 1.93. The highest BCUT2D eigenvalue weighted by atomic mass is 32.1. The highest BCUT2D eigenvalue weighted by molar-refractivity contribution is 7.14. The molecular formula is C15H21N3S. The molecule has 2 rings (SSSR count). The Hall–Kier alpha value is -1.55. The van der Waals surface area contributed by atoms with E-state index >= 15 is 0 Å². The number of nitrogens with one attached hydrogen (secondary N) is 1. The molecule has 2 heterocycles. The van der Waals surface area contributed by atoms with Crippen molar-refractivity contribution in [1.29, 1.82) is 0 Å². The molecule has 0 saturated heterocycles. The zero-order chi connectivity index (χ0) is 14.0. The highest BCUT2D eigenvalue weighted by Crippen LogP contribution is 2.30. The topological polar surface area (TPSA) is 29.9 Å². The first-order chi connectivity index (χ1) is 9.02. The van der Waals surface area contributed by atoms with E-state index in [9.17, 15) is 0 Å². The fourth-order valence-electron chi connectivity index (χ4n) is 2.18. The lowest BCUT2D eigenvalue weighted by molar-refractivity contribution is 0.770. The van der Waals surface area contributed by atoms with Gasteiger partial charge in [-0.25, -0.2) is 4.98 Å². The fourth-order valence-corrected chi connectivity index (χ4v) is 3.04. The first-order valence-electron chi connectivity index (χ1n) is 6.53. The monoisotopic (exact) mass is 275 g/mol. The summed E-state index contributed by atoms with van der Waals surface area (Å²) in [4.78, 5) is 4.66. The molecule has 102 valence electrons. The smallest absolute Gasteiger partial charge is 0.183 e. The number of aromatic nitrogens is 2. The summed E-state index contributed by atoms with van der Waals surface area (Å²) >= 11 is 1.66. The van der Waals surface area contributed by atoms with Gasteiger partial charge in [-0.1, -0.05) is 6.08 Å². The average Bonchev–Trinajstić information content (AvgIpc) is 2.88. The van der Waals surface area contributed by atoms with E-state index < -0.39 is 0 Å². The summed E-state index contributed by atoms with van der Waals surface area (Å²) in [5.41, 5.74) is 4.77. The van der Waals surface area contributed by atoms with Gasteiger partial charge in [0, 0.05) is 34.9 Å². The molecule has 0 fully saturated rings. The van der Waals surface area contributed by atoms with Crippen molar-refractivity contribution in [1.82, 2.24) is 9.55 Å². The minimum atomic E-state index is 0.409. The van der Waals surface area contributed by atoms with Crippen LogP contribution in [0.4, 0.5) is 5.13 Å². The first kappa shape index (κ1) is 13.9. The minimum Gasteiger partial charge on any atom is -0.359 e. The molecule has 19 heavy (non-hydrogen) atoms. The van der Waals surface area contributed by atoms with Crippen LogP contribution in [-0.4, -0.2) is 15.6 Å². The van der Waals surface area contributed by atoms with Crippen LogP contribution in [0.3, 0.4) is 0 Å². The highest BCUT2D eigenvalue weighted by Gasteiger charge is 2.13. The standard InChI is InChI=1S/C15H21N3S/c1-6-7-18-11(4)8-13(12(18)5)14-9-19-15(17-14)16-10(2)3/h6,8-10H,1,7H2,2-5H3,(H,16,17). The van der Waals surface area contributed by atoms with Crippen molar-refractivity contribution in [3.63, 3.8) is 0 Å².